The molecule has 0 saturated heterocycles. The molecule has 0 aliphatic heterocycles. The number of carbonyl (C=O) groups excluding carboxylic acids is 1. The van der Waals surface area contributed by atoms with Crippen LogP contribution in [0.5, 0.6) is 0 Å². The Bertz CT molecular complexity index is 560. The highest BCUT2D eigenvalue weighted by Crippen LogP contribution is 2.18. The van der Waals surface area contributed by atoms with Crippen molar-refractivity contribution >= 4 is 5.97 Å². The average Bonchev–Trinajstić information content (AvgIpc) is 2.56. The average molecular weight is 315 g/mol. The lowest BCUT2D eigenvalue weighted by Crippen LogP contribution is -2.46. The van der Waals surface area contributed by atoms with E-state index >= 15 is 0 Å². The Kier molecular flexibility index (Phi) is 6.29. The number of methoxy groups -OCH3 is 1. The highest BCUT2D eigenvalue weighted by atomic mass is 19.1. The van der Waals surface area contributed by atoms with Crippen LogP contribution >= 0.6 is 0 Å². The second-order valence-electron chi connectivity index (χ2n) is 5.52. The van der Waals surface area contributed by atoms with Gasteiger partial charge in [0.1, 0.15) is 12.2 Å². The van der Waals surface area contributed by atoms with Crippen LogP contribution in [0.3, 0.4) is 0 Å². The Hall–Kier alpha value is -2.20. The summed E-state index contributed by atoms with van der Waals surface area (Å²) in [5, 5.41) is 0. The molecule has 23 heavy (non-hydrogen) atoms. The van der Waals surface area contributed by atoms with E-state index in [0.717, 1.165) is 11.1 Å². The first-order chi connectivity index (χ1) is 11.1. The number of rotatable bonds is 7. The van der Waals surface area contributed by atoms with Crippen LogP contribution in [0.25, 0.3) is 0 Å². The molecule has 2 aromatic carbocycles. The van der Waals surface area contributed by atoms with E-state index in [2.05, 4.69) is 0 Å². The summed E-state index contributed by atoms with van der Waals surface area (Å²) < 4.78 is 18.9. The topological polar surface area (TPSA) is 29.5 Å². The van der Waals surface area contributed by atoms with Gasteiger partial charge in [0.15, 0.2) is 0 Å². The molecule has 0 spiro atoms. The van der Waals surface area contributed by atoms with Crippen LogP contribution in [0.1, 0.15) is 18.1 Å². The third-order valence-electron chi connectivity index (χ3n) is 3.73. The van der Waals surface area contributed by atoms with E-state index in [1.807, 2.05) is 65.6 Å². The lowest BCUT2D eigenvalue weighted by Gasteiger charge is -2.31. The largest absolute Gasteiger partial charge is 0.468 e. The van der Waals surface area contributed by atoms with Gasteiger partial charge in [0, 0.05) is 13.1 Å². The van der Waals surface area contributed by atoms with Crippen LogP contribution in [0.2, 0.25) is 0 Å². The van der Waals surface area contributed by atoms with Crippen molar-refractivity contribution in [3.63, 3.8) is 0 Å². The predicted molar refractivity (Wildman–Crippen MR) is 88.5 cm³/mol. The minimum atomic E-state index is -1.32. The van der Waals surface area contributed by atoms with E-state index in [1.165, 1.54) is 14.0 Å². The first-order valence-corrected chi connectivity index (χ1v) is 7.65. The molecular formula is C19H22FNO2. The number of nitrogens with zero attached hydrogens (tertiary/aromatic N) is 1. The molecule has 0 heterocycles. The third kappa shape index (κ3) is 4.89. The van der Waals surface area contributed by atoms with Crippen LogP contribution in [0, 0.1) is 0 Å². The standard InChI is InChI=1S/C19H22FNO2/c1-15(20)18(19(22)23-2)21(13-16-9-5-3-6-10-16)14-17-11-7-4-8-12-17/h3-12,15,18H,13-14H2,1-2H3. The number of hydrogen-bond acceptors (Lipinski definition) is 3. The Labute approximate surface area is 136 Å². The third-order valence-corrected chi connectivity index (χ3v) is 3.73. The molecule has 4 heteroatoms. The second kappa shape index (κ2) is 8.44. The van der Waals surface area contributed by atoms with Gasteiger partial charge < -0.3 is 4.74 Å². The normalized spacial score (nSPS) is 13.6. The quantitative estimate of drug-likeness (QED) is 0.731. The van der Waals surface area contributed by atoms with Crippen molar-refractivity contribution in [3.8, 4) is 0 Å². The van der Waals surface area contributed by atoms with Crippen LogP contribution in [-0.2, 0) is 22.6 Å². The number of ether oxygens (including phenoxy) is 1. The summed E-state index contributed by atoms with van der Waals surface area (Å²) in [6, 6.07) is 18.5. The van der Waals surface area contributed by atoms with Crippen molar-refractivity contribution in [1.82, 2.24) is 4.90 Å². The number of benzene rings is 2. The van der Waals surface area contributed by atoms with Gasteiger partial charge >= 0.3 is 5.97 Å². The molecule has 2 unspecified atom stereocenters. The minimum absolute atomic E-state index is 0.476. The molecule has 0 aromatic heterocycles. The first-order valence-electron chi connectivity index (χ1n) is 7.65. The van der Waals surface area contributed by atoms with E-state index in [0.29, 0.717) is 13.1 Å². The highest BCUT2D eigenvalue weighted by molar-refractivity contribution is 5.76. The molecule has 0 aliphatic rings. The Balaban J connectivity index is 2.27. The summed E-state index contributed by atoms with van der Waals surface area (Å²) in [4.78, 5) is 13.9. The van der Waals surface area contributed by atoms with E-state index < -0.39 is 18.2 Å². The van der Waals surface area contributed by atoms with Gasteiger partial charge in [-0.1, -0.05) is 60.7 Å². The molecular weight excluding hydrogens is 293 g/mol. The highest BCUT2D eigenvalue weighted by Gasteiger charge is 2.32. The van der Waals surface area contributed by atoms with Crippen LogP contribution < -0.4 is 0 Å². The fraction of sp³-hybridized carbons (Fsp3) is 0.316. The summed E-state index contributed by atoms with van der Waals surface area (Å²) in [6.07, 6.45) is -1.32. The summed E-state index contributed by atoms with van der Waals surface area (Å²) in [5.74, 6) is -0.549. The zero-order valence-corrected chi connectivity index (χ0v) is 13.5. The molecule has 0 fully saturated rings. The zero-order valence-electron chi connectivity index (χ0n) is 13.5. The van der Waals surface area contributed by atoms with Gasteiger partial charge in [-0.15, -0.1) is 0 Å². The summed E-state index contributed by atoms with van der Waals surface area (Å²) >= 11 is 0. The van der Waals surface area contributed by atoms with Gasteiger partial charge in [-0.25, -0.2) is 4.39 Å². The zero-order chi connectivity index (χ0) is 16.7. The molecule has 0 saturated carbocycles. The molecule has 0 amide bonds. The van der Waals surface area contributed by atoms with Crippen molar-refractivity contribution in [3.05, 3.63) is 71.8 Å². The van der Waals surface area contributed by atoms with Gasteiger partial charge in [-0.3, -0.25) is 9.69 Å². The molecule has 0 radical (unpaired) electrons. The molecule has 0 aliphatic carbocycles. The van der Waals surface area contributed by atoms with Crippen molar-refractivity contribution in [1.29, 1.82) is 0 Å². The second-order valence-corrected chi connectivity index (χ2v) is 5.52. The van der Waals surface area contributed by atoms with Gasteiger partial charge in [0.25, 0.3) is 0 Å². The van der Waals surface area contributed by atoms with Gasteiger partial charge in [-0.2, -0.15) is 0 Å². The Morgan fingerprint density at radius 2 is 1.43 bits per heavy atom. The van der Waals surface area contributed by atoms with Crippen LogP contribution in [0.4, 0.5) is 4.39 Å². The van der Waals surface area contributed by atoms with Crippen molar-refractivity contribution in [2.45, 2.75) is 32.2 Å². The Morgan fingerprint density at radius 3 is 1.78 bits per heavy atom. The molecule has 122 valence electrons. The number of halogens is 1. The molecule has 3 nitrogen and oxygen atoms in total. The predicted octanol–water partition coefficient (Wildman–Crippen LogP) is 3.59. The molecule has 2 aromatic rings. The van der Waals surface area contributed by atoms with Crippen LogP contribution in [0.15, 0.2) is 60.7 Å². The number of alkyl halides is 1. The Morgan fingerprint density at radius 1 is 1.00 bits per heavy atom. The van der Waals surface area contributed by atoms with Gasteiger partial charge in [-0.05, 0) is 18.1 Å². The summed E-state index contributed by atoms with van der Waals surface area (Å²) in [6.45, 7) is 2.35. The smallest absolute Gasteiger partial charge is 0.326 e. The van der Waals surface area contributed by atoms with E-state index in [-0.39, 0.29) is 0 Å². The number of carbonyl (C=O) groups is 1. The van der Waals surface area contributed by atoms with Crippen molar-refractivity contribution < 1.29 is 13.9 Å². The lowest BCUT2D eigenvalue weighted by atomic mass is 10.1. The first kappa shape index (κ1) is 17.2. The minimum Gasteiger partial charge on any atom is -0.468 e. The maximum Gasteiger partial charge on any atom is 0.326 e. The summed E-state index contributed by atoms with van der Waals surface area (Å²) in [7, 11) is 1.29. The maximum atomic E-state index is 14.1. The maximum absolute atomic E-state index is 14.1. The number of esters is 1. The van der Waals surface area contributed by atoms with Crippen LogP contribution in [-0.4, -0.2) is 30.2 Å². The summed E-state index contributed by atoms with van der Waals surface area (Å²) in [5.41, 5.74) is 2.05. The fourth-order valence-electron chi connectivity index (χ4n) is 2.64. The lowest BCUT2D eigenvalue weighted by molar-refractivity contribution is -0.150. The fourth-order valence-corrected chi connectivity index (χ4v) is 2.64. The molecule has 0 N–H and O–H groups in total. The van der Waals surface area contributed by atoms with E-state index in [9.17, 15) is 9.18 Å². The molecule has 0 bridgehead atoms. The van der Waals surface area contributed by atoms with E-state index in [1.54, 1.807) is 0 Å². The van der Waals surface area contributed by atoms with E-state index in [4.69, 9.17) is 4.74 Å². The van der Waals surface area contributed by atoms with Gasteiger partial charge in [0.2, 0.25) is 0 Å². The monoisotopic (exact) mass is 315 g/mol. The van der Waals surface area contributed by atoms with Gasteiger partial charge in [0.05, 0.1) is 7.11 Å². The number of hydrogen-bond donors (Lipinski definition) is 0. The SMILES string of the molecule is COC(=O)C(C(C)F)N(Cc1ccccc1)Cc1ccccc1. The van der Waals surface area contributed by atoms with Crippen molar-refractivity contribution in [2.75, 3.05) is 7.11 Å². The van der Waals surface area contributed by atoms with Crippen molar-refractivity contribution in [2.24, 2.45) is 0 Å². The molecule has 2 atom stereocenters. The molecule has 2 rings (SSSR count).